The molecule has 4 heteroatoms. The van der Waals surface area contributed by atoms with Crippen LogP contribution < -0.4 is 0 Å². The van der Waals surface area contributed by atoms with Crippen molar-refractivity contribution in [2.75, 3.05) is 34.3 Å². The molecule has 0 radical (unpaired) electrons. The Hall–Kier alpha value is 1.00. The molecule has 0 N–H and O–H groups in total. The first-order valence-electron chi connectivity index (χ1n) is 3.35. The molecule has 3 nitrogen and oxygen atoms in total. The Kier molecular flexibility index (Phi) is 8.59. The summed E-state index contributed by atoms with van der Waals surface area (Å²) in [4.78, 5) is 10.3. The van der Waals surface area contributed by atoms with Gasteiger partial charge in [0.05, 0.1) is 21.1 Å². The fraction of sp³-hybridized carbons (Fsp3) is 0.857. The van der Waals surface area contributed by atoms with Gasteiger partial charge in [0.1, 0.15) is 13.2 Å². The number of ether oxygens (including phenoxy) is 1. The summed E-state index contributed by atoms with van der Waals surface area (Å²) in [7, 11) is 6.18. The van der Waals surface area contributed by atoms with Crippen molar-refractivity contribution >= 4 is 54.9 Å². The molecule has 0 aromatic rings. The third-order valence-electron chi connectivity index (χ3n) is 1.07. The molecule has 0 aromatic carbocycles. The maximum absolute atomic E-state index is 10.3. The van der Waals surface area contributed by atoms with Gasteiger partial charge in [0.15, 0.2) is 0 Å². The molecule has 0 unspecified atom stereocenters. The summed E-state index contributed by atoms with van der Waals surface area (Å²) < 4.78 is 5.59. The molecule has 11 heavy (non-hydrogen) atoms. The van der Waals surface area contributed by atoms with Gasteiger partial charge in [0.2, 0.25) is 0 Å². The number of likely N-dealkylation sites (N-methyl/N-ethyl adjacent to an activating group) is 1. The topological polar surface area (TPSA) is 26.3 Å². The zero-order valence-corrected chi connectivity index (χ0v) is 7.18. The Morgan fingerprint density at radius 2 is 1.82 bits per heavy atom. The second-order valence-corrected chi connectivity index (χ2v) is 3.35. The van der Waals surface area contributed by atoms with Gasteiger partial charge in [-0.05, 0) is 0 Å². The van der Waals surface area contributed by atoms with Gasteiger partial charge in [0, 0.05) is 6.92 Å². The Balaban J connectivity index is 0. The molecule has 64 valence electrons. The van der Waals surface area contributed by atoms with E-state index in [1.54, 1.807) is 0 Å². The van der Waals surface area contributed by atoms with Crippen LogP contribution in [0, 0.1) is 0 Å². The van der Waals surface area contributed by atoms with E-state index in [1.165, 1.54) is 6.92 Å². The minimum absolute atomic E-state index is 0. The zero-order valence-electron chi connectivity index (χ0n) is 7.18. The molecule has 0 heterocycles. The fourth-order valence-electron chi connectivity index (χ4n) is 0.463. The van der Waals surface area contributed by atoms with Gasteiger partial charge in [-0.2, -0.15) is 0 Å². The zero-order chi connectivity index (χ0) is 8.20. The SMILES string of the molecule is CC(=O)OCC[N+](C)(C)C.[BaH2]. The van der Waals surface area contributed by atoms with Crippen LogP contribution in [0.25, 0.3) is 0 Å². The van der Waals surface area contributed by atoms with Crippen LogP contribution in [0.2, 0.25) is 0 Å². The van der Waals surface area contributed by atoms with E-state index in [0.717, 1.165) is 11.0 Å². The monoisotopic (exact) mass is 286 g/mol. The number of carbonyl (C=O) groups excluding carboxylic acids is 1. The quantitative estimate of drug-likeness (QED) is 0.391. The van der Waals surface area contributed by atoms with Crippen LogP contribution in [0.4, 0.5) is 0 Å². The number of carbonyl (C=O) groups is 1. The van der Waals surface area contributed by atoms with E-state index >= 15 is 0 Å². The first kappa shape index (κ1) is 14.5. The van der Waals surface area contributed by atoms with Crippen molar-refractivity contribution in [2.24, 2.45) is 0 Å². The average molecular weight is 286 g/mol. The van der Waals surface area contributed by atoms with Crippen molar-refractivity contribution in [1.82, 2.24) is 0 Å². The van der Waals surface area contributed by atoms with E-state index in [4.69, 9.17) is 4.74 Å². The summed E-state index contributed by atoms with van der Waals surface area (Å²) in [5.74, 6) is -0.201. The van der Waals surface area contributed by atoms with Gasteiger partial charge in [-0.25, -0.2) is 0 Å². The van der Waals surface area contributed by atoms with E-state index in [9.17, 15) is 4.79 Å². The number of hydrogen-bond donors (Lipinski definition) is 0. The van der Waals surface area contributed by atoms with Crippen molar-refractivity contribution < 1.29 is 14.0 Å². The fourth-order valence-corrected chi connectivity index (χ4v) is 0.463. The minimum atomic E-state index is -0.201. The molecule has 0 saturated carbocycles. The van der Waals surface area contributed by atoms with Crippen LogP contribution in [0.15, 0.2) is 0 Å². The number of quaternary nitrogens is 1. The van der Waals surface area contributed by atoms with Crippen LogP contribution >= 0.6 is 0 Å². The van der Waals surface area contributed by atoms with Gasteiger partial charge in [-0.15, -0.1) is 0 Å². The van der Waals surface area contributed by atoms with E-state index in [1.807, 2.05) is 0 Å². The van der Waals surface area contributed by atoms with Crippen LogP contribution in [0.3, 0.4) is 0 Å². The summed E-state index contributed by atoms with van der Waals surface area (Å²) in [6, 6.07) is 0. The van der Waals surface area contributed by atoms with Crippen molar-refractivity contribution in [2.45, 2.75) is 6.92 Å². The molecular formula is C7H18BaNO2+. The average Bonchev–Trinajstić information content (AvgIpc) is 1.59. The van der Waals surface area contributed by atoms with Crippen molar-refractivity contribution in [1.29, 1.82) is 0 Å². The molecule has 0 aliphatic rings. The van der Waals surface area contributed by atoms with Crippen LogP contribution in [0.1, 0.15) is 6.92 Å². The molecule has 0 aliphatic heterocycles. The molecule has 0 bridgehead atoms. The molecule has 0 rings (SSSR count). The van der Waals surface area contributed by atoms with Gasteiger partial charge >= 0.3 is 54.9 Å². The molecule has 0 amide bonds. The predicted octanol–water partition coefficient (Wildman–Crippen LogP) is -0.660. The number of rotatable bonds is 3. The number of esters is 1. The Morgan fingerprint density at radius 1 is 1.36 bits per heavy atom. The summed E-state index contributed by atoms with van der Waals surface area (Å²) in [5.41, 5.74) is 0. The Morgan fingerprint density at radius 3 is 2.09 bits per heavy atom. The molecular weight excluding hydrogens is 267 g/mol. The van der Waals surface area contributed by atoms with Gasteiger partial charge in [0.25, 0.3) is 0 Å². The summed E-state index contributed by atoms with van der Waals surface area (Å²) in [5, 5.41) is 0. The van der Waals surface area contributed by atoms with Crippen molar-refractivity contribution in [3.8, 4) is 0 Å². The standard InChI is InChI=1S/C7H16NO2.Ba.2H/c1-7(9)10-6-5-8(2,3)4;;;/h5-6H2,1-4H3;;;/q+1;;;. The number of nitrogens with zero attached hydrogens (tertiary/aromatic N) is 1. The number of hydrogen-bond acceptors (Lipinski definition) is 2. The second-order valence-electron chi connectivity index (χ2n) is 3.35. The molecule has 0 saturated heterocycles. The van der Waals surface area contributed by atoms with Crippen LogP contribution in [0.5, 0.6) is 0 Å². The van der Waals surface area contributed by atoms with Crippen molar-refractivity contribution in [3.05, 3.63) is 0 Å². The normalized spacial score (nSPS) is 10.2. The third-order valence-corrected chi connectivity index (χ3v) is 1.07. The predicted molar refractivity (Wildman–Crippen MR) is 48.1 cm³/mol. The Bertz CT molecular complexity index is 120. The van der Waals surface area contributed by atoms with E-state index < -0.39 is 0 Å². The molecule has 0 aliphatic carbocycles. The van der Waals surface area contributed by atoms with Gasteiger partial charge in [-0.1, -0.05) is 0 Å². The molecule has 0 spiro atoms. The van der Waals surface area contributed by atoms with Crippen LogP contribution in [-0.4, -0.2) is 93.6 Å². The first-order valence-corrected chi connectivity index (χ1v) is 3.35. The summed E-state index contributed by atoms with van der Waals surface area (Å²) in [6.45, 7) is 2.80. The molecule has 0 fully saturated rings. The summed E-state index contributed by atoms with van der Waals surface area (Å²) in [6.07, 6.45) is 0. The van der Waals surface area contributed by atoms with E-state index in [2.05, 4.69) is 21.1 Å². The van der Waals surface area contributed by atoms with Crippen LogP contribution in [-0.2, 0) is 9.53 Å². The van der Waals surface area contributed by atoms with E-state index in [0.29, 0.717) is 6.61 Å². The Labute approximate surface area is 109 Å². The van der Waals surface area contributed by atoms with Crippen molar-refractivity contribution in [3.63, 3.8) is 0 Å². The first-order chi connectivity index (χ1) is 4.42. The maximum atomic E-state index is 10.3. The van der Waals surface area contributed by atoms with E-state index in [-0.39, 0.29) is 54.9 Å². The van der Waals surface area contributed by atoms with Gasteiger partial charge in [-0.3, -0.25) is 4.79 Å². The van der Waals surface area contributed by atoms with Gasteiger partial charge < -0.3 is 9.22 Å². The second kappa shape index (κ2) is 6.51. The molecule has 0 atom stereocenters. The third kappa shape index (κ3) is 13.9. The summed E-state index contributed by atoms with van der Waals surface area (Å²) >= 11 is 0. The molecule has 0 aromatic heterocycles.